The Morgan fingerprint density at radius 2 is 1.98 bits per heavy atom. The summed E-state index contributed by atoms with van der Waals surface area (Å²) in [5.41, 5.74) is 4.01. The molecule has 7 rings (SSSR count). The molecular formula is C21H22FN8O9P. The lowest BCUT2D eigenvalue weighted by Gasteiger charge is -2.28. The zero-order chi connectivity index (χ0) is 27.9. The number of rotatable bonds is 7. The zero-order valence-corrected chi connectivity index (χ0v) is 21.2. The van der Waals surface area contributed by atoms with Crippen LogP contribution in [-0.4, -0.2) is 97.9 Å². The second-order valence-corrected chi connectivity index (χ2v) is 10.6. The Hall–Kier alpha value is -3.35. The van der Waals surface area contributed by atoms with Gasteiger partial charge in [-0.25, -0.2) is 28.8 Å². The molecule has 3 fully saturated rings. The van der Waals surface area contributed by atoms with Crippen LogP contribution in [0.4, 0.5) is 10.2 Å². The van der Waals surface area contributed by atoms with Gasteiger partial charge < -0.3 is 35.1 Å². The monoisotopic (exact) mass is 580 g/mol. The summed E-state index contributed by atoms with van der Waals surface area (Å²) in [7, 11) is -3.44. The Kier molecular flexibility index (Phi) is 5.81. The van der Waals surface area contributed by atoms with E-state index in [9.17, 15) is 24.7 Å². The van der Waals surface area contributed by atoms with Gasteiger partial charge in [0.1, 0.15) is 42.4 Å². The molecule has 0 amide bonds. The first-order chi connectivity index (χ1) is 19.2. The van der Waals surface area contributed by atoms with Crippen molar-refractivity contribution in [2.75, 3.05) is 12.3 Å². The van der Waals surface area contributed by atoms with Gasteiger partial charge in [-0.1, -0.05) is 0 Å². The van der Waals surface area contributed by atoms with E-state index < -0.39 is 69.6 Å². The fourth-order valence-electron chi connectivity index (χ4n) is 5.23. The normalized spacial score (nSPS) is 35.9. The highest BCUT2D eigenvalue weighted by molar-refractivity contribution is 7.33. The summed E-state index contributed by atoms with van der Waals surface area (Å²) in [5, 5.41) is 31.5. The second kappa shape index (κ2) is 9.08. The number of hydrogen-bond acceptors (Lipinski definition) is 14. The number of fused-ring (bicyclic) bond motifs is 3. The summed E-state index contributed by atoms with van der Waals surface area (Å²) in [6.07, 6.45) is -4.34. The molecule has 5 N–H and O–H groups in total. The van der Waals surface area contributed by atoms with E-state index in [2.05, 4.69) is 19.9 Å². The lowest BCUT2D eigenvalue weighted by molar-refractivity contribution is -0.0951. The number of nitrogens with zero attached hydrogens (tertiary/aromatic N) is 7. The van der Waals surface area contributed by atoms with Gasteiger partial charge >= 0.3 is 8.25 Å². The third kappa shape index (κ3) is 3.65. The molecular weight excluding hydrogens is 558 g/mol. The van der Waals surface area contributed by atoms with Crippen LogP contribution in [0.2, 0.25) is 0 Å². The molecule has 40 heavy (non-hydrogen) atoms. The molecule has 0 bridgehead atoms. The predicted molar refractivity (Wildman–Crippen MR) is 129 cm³/mol. The van der Waals surface area contributed by atoms with Crippen LogP contribution in [0.1, 0.15) is 12.5 Å². The molecule has 0 radical (unpaired) electrons. The van der Waals surface area contributed by atoms with Crippen molar-refractivity contribution in [2.45, 2.75) is 54.7 Å². The molecule has 1 saturated carbocycles. The third-order valence-electron chi connectivity index (χ3n) is 7.38. The fourth-order valence-corrected chi connectivity index (χ4v) is 6.11. The lowest BCUT2D eigenvalue weighted by atomic mass is 10.1. The summed E-state index contributed by atoms with van der Waals surface area (Å²) in [6.45, 7) is -0.536. The second-order valence-electron chi connectivity index (χ2n) is 9.62. The van der Waals surface area contributed by atoms with Gasteiger partial charge in [-0.05, 0) is 0 Å². The predicted octanol–water partition coefficient (Wildman–Crippen LogP) is -1.69. The number of aromatic nitrogens is 7. The van der Waals surface area contributed by atoms with Crippen molar-refractivity contribution in [1.82, 2.24) is 33.7 Å². The largest absolute Gasteiger partial charge is 0.387 e. The standard InChI is InChI=1S/C21H22FN8O9P/c22-10-12(32)9(37-19(10)28-7-27-11-16(23)25-6-26-18(11)28)5-36-40(35)39-15-20(38-14-13(33)21(14,15)34)30-3-1-8(31)17-24-2-4-29(17)30/h1-4,6-7,9-10,12-15,19-20,32-34,40H,5H2,(H2,23,25,26)/t9-,10+,12-,13?,14-,15+,19-,20-,21-/m1/s1. The van der Waals surface area contributed by atoms with E-state index in [1.807, 2.05) is 0 Å². The lowest BCUT2D eigenvalue weighted by Crippen LogP contribution is -2.39. The maximum absolute atomic E-state index is 15.0. The van der Waals surface area contributed by atoms with Gasteiger partial charge in [-0.15, -0.1) is 0 Å². The molecule has 0 spiro atoms. The highest BCUT2D eigenvalue weighted by Crippen LogP contribution is 2.57. The summed E-state index contributed by atoms with van der Waals surface area (Å²) in [5.74, 6) is 0.0862. The Labute approximate surface area is 222 Å². The fraction of sp³-hybridized carbons (Fsp3) is 0.476. The SMILES string of the molecule is Nc1ncnc2c1ncn2[C@@H]1O[C@H](CO[PH](=O)O[C@H]2[C@H](n3ccc(=O)c4nccn43)O[C@@H]3C(O)[C@@]32O)[C@@H](O)[C@@H]1F. The van der Waals surface area contributed by atoms with Crippen LogP contribution in [0.15, 0.2) is 42.1 Å². The maximum atomic E-state index is 15.0. The minimum Gasteiger partial charge on any atom is -0.387 e. The van der Waals surface area contributed by atoms with Crippen molar-refractivity contribution in [1.29, 1.82) is 0 Å². The number of alkyl halides is 1. The number of aliphatic hydroxyl groups excluding tert-OH is 2. The molecule has 1 aliphatic carbocycles. The number of nitrogens with two attached hydrogens (primary N) is 1. The number of nitrogen functional groups attached to an aromatic ring is 1. The summed E-state index contributed by atoms with van der Waals surface area (Å²) >= 11 is 0. The van der Waals surface area contributed by atoms with E-state index in [1.54, 1.807) is 0 Å². The van der Waals surface area contributed by atoms with Gasteiger partial charge in [-0.2, -0.15) is 0 Å². The van der Waals surface area contributed by atoms with Gasteiger partial charge in [0.05, 0.1) is 12.9 Å². The quantitative estimate of drug-likeness (QED) is 0.179. The number of aliphatic hydroxyl groups is 3. The first-order valence-electron chi connectivity index (χ1n) is 12.0. The number of hydrogen-bond donors (Lipinski definition) is 4. The van der Waals surface area contributed by atoms with Crippen molar-refractivity contribution in [3.8, 4) is 0 Å². The van der Waals surface area contributed by atoms with E-state index >= 15 is 4.39 Å². The average Bonchev–Trinajstić information content (AvgIpc) is 3.52. The van der Waals surface area contributed by atoms with Crippen molar-refractivity contribution in [2.24, 2.45) is 0 Å². The summed E-state index contributed by atoms with van der Waals surface area (Å²) in [4.78, 5) is 28.0. The molecule has 2 aliphatic heterocycles. The van der Waals surface area contributed by atoms with Crippen LogP contribution in [-0.2, 0) is 23.1 Å². The van der Waals surface area contributed by atoms with Crippen LogP contribution >= 0.6 is 8.25 Å². The summed E-state index contributed by atoms with van der Waals surface area (Å²) in [6, 6.07) is 1.24. The van der Waals surface area contributed by atoms with Crippen LogP contribution in [0.3, 0.4) is 0 Å². The molecule has 4 aromatic rings. The topological polar surface area (TPSA) is 224 Å². The molecule has 19 heteroatoms. The van der Waals surface area contributed by atoms with E-state index in [-0.39, 0.29) is 28.1 Å². The molecule has 2 unspecified atom stereocenters. The maximum Gasteiger partial charge on any atom is 0.319 e. The molecule has 6 heterocycles. The molecule has 10 atom stereocenters. The van der Waals surface area contributed by atoms with E-state index in [4.69, 9.17) is 24.3 Å². The minimum absolute atomic E-state index is 0.0735. The van der Waals surface area contributed by atoms with Crippen molar-refractivity contribution in [3.05, 3.63) is 47.5 Å². The molecule has 2 saturated heterocycles. The zero-order valence-electron chi connectivity index (χ0n) is 20.2. The molecule has 4 aromatic heterocycles. The van der Waals surface area contributed by atoms with Gasteiger partial charge in [-0.3, -0.25) is 23.1 Å². The number of anilines is 1. The van der Waals surface area contributed by atoms with Crippen LogP contribution < -0.4 is 11.2 Å². The van der Waals surface area contributed by atoms with Gasteiger partial charge in [0.2, 0.25) is 5.43 Å². The molecule has 0 aromatic carbocycles. The highest BCUT2D eigenvalue weighted by Gasteiger charge is 2.78. The number of imidazole rings is 2. The number of ether oxygens (including phenoxy) is 2. The minimum atomic E-state index is -3.44. The third-order valence-corrected chi connectivity index (χ3v) is 8.23. The van der Waals surface area contributed by atoms with E-state index in [0.29, 0.717) is 0 Å². The first-order valence-corrected chi connectivity index (χ1v) is 13.3. The van der Waals surface area contributed by atoms with Crippen molar-refractivity contribution in [3.63, 3.8) is 0 Å². The molecule has 17 nitrogen and oxygen atoms in total. The Bertz CT molecular complexity index is 1700. The van der Waals surface area contributed by atoms with Gasteiger partial charge in [0.15, 0.2) is 41.3 Å². The van der Waals surface area contributed by atoms with E-state index in [0.717, 1.165) is 0 Å². The Balaban J connectivity index is 1.06. The van der Waals surface area contributed by atoms with Crippen molar-refractivity contribution < 1.29 is 42.8 Å². The van der Waals surface area contributed by atoms with Crippen LogP contribution in [0.5, 0.6) is 0 Å². The molecule has 3 aliphatic rings. The van der Waals surface area contributed by atoms with Crippen LogP contribution in [0.25, 0.3) is 16.8 Å². The average molecular weight is 580 g/mol. The summed E-state index contributed by atoms with van der Waals surface area (Å²) < 4.78 is 54.1. The smallest absolute Gasteiger partial charge is 0.319 e. The van der Waals surface area contributed by atoms with Gasteiger partial charge in [0, 0.05) is 24.7 Å². The Morgan fingerprint density at radius 3 is 2.80 bits per heavy atom. The highest BCUT2D eigenvalue weighted by atomic mass is 31.1. The van der Waals surface area contributed by atoms with Crippen molar-refractivity contribution >= 4 is 30.9 Å². The molecule has 212 valence electrons. The van der Waals surface area contributed by atoms with Gasteiger partial charge in [0.25, 0.3) is 0 Å². The van der Waals surface area contributed by atoms with E-state index in [1.165, 1.54) is 51.1 Å². The Morgan fingerprint density at radius 1 is 1.15 bits per heavy atom. The number of halogens is 1. The van der Waals surface area contributed by atoms with Crippen LogP contribution in [0, 0.1) is 0 Å². The first kappa shape index (κ1) is 25.6.